The van der Waals surface area contributed by atoms with Gasteiger partial charge in [-0.25, -0.2) is 9.78 Å². The summed E-state index contributed by atoms with van der Waals surface area (Å²) in [6.45, 7) is 2.81. The van der Waals surface area contributed by atoms with E-state index < -0.39 is 0 Å². The van der Waals surface area contributed by atoms with Gasteiger partial charge in [-0.2, -0.15) is 0 Å². The van der Waals surface area contributed by atoms with Gasteiger partial charge in [-0.3, -0.25) is 19.1 Å². The van der Waals surface area contributed by atoms with Crippen molar-refractivity contribution < 1.29 is 9.59 Å². The second kappa shape index (κ2) is 8.16. The van der Waals surface area contributed by atoms with E-state index in [2.05, 4.69) is 9.97 Å². The normalized spacial score (nSPS) is 13.6. The summed E-state index contributed by atoms with van der Waals surface area (Å²) in [5.74, 6) is 0.0405. The molecule has 1 amide bonds. The van der Waals surface area contributed by atoms with Crippen LogP contribution in [-0.2, 0) is 19.9 Å². The molecule has 0 fully saturated rings. The van der Waals surface area contributed by atoms with E-state index in [1.54, 1.807) is 20.2 Å². The van der Waals surface area contributed by atoms with E-state index in [0.717, 1.165) is 29.5 Å². The van der Waals surface area contributed by atoms with Crippen LogP contribution in [0.2, 0.25) is 0 Å². The molecule has 7 heteroatoms. The Morgan fingerprint density at radius 2 is 1.73 bits per heavy atom. The molecule has 0 saturated carbocycles. The van der Waals surface area contributed by atoms with Crippen LogP contribution in [0.1, 0.15) is 38.8 Å². The highest BCUT2D eigenvalue weighted by molar-refractivity contribution is 5.96. The van der Waals surface area contributed by atoms with Gasteiger partial charge >= 0.3 is 5.69 Å². The van der Waals surface area contributed by atoms with E-state index in [1.807, 2.05) is 53.4 Å². The zero-order valence-corrected chi connectivity index (χ0v) is 18.6. The zero-order chi connectivity index (χ0) is 23.1. The predicted molar refractivity (Wildman–Crippen MR) is 127 cm³/mol. The minimum Gasteiger partial charge on any atom is -0.338 e. The second-order valence-electron chi connectivity index (χ2n) is 8.49. The van der Waals surface area contributed by atoms with Crippen molar-refractivity contribution in [3.63, 3.8) is 0 Å². The number of aromatic nitrogens is 3. The standard InChI is InChI=1S/C26H24N4O3/c1-16(31)18-7-6-17-8-10-30(11-9-20(17)12-18)25(32)21-5-3-4-19(13-21)22-14-23-24(27-15-22)28-26(33)29(23)2/h3-7,12-15H,8-11H2,1-2H3,(H,27,28,33). The average Bonchev–Trinajstić information content (AvgIpc) is 2.99. The number of Topliss-reactive ketones (excluding diaryl/α,β-unsaturated/α-hetero) is 1. The Hall–Kier alpha value is -4.00. The van der Waals surface area contributed by atoms with Crippen LogP contribution in [0, 0.1) is 0 Å². The number of benzene rings is 2. The number of hydrogen-bond acceptors (Lipinski definition) is 4. The molecule has 0 unspecified atom stereocenters. The van der Waals surface area contributed by atoms with Crippen LogP contribution >= 0.6 is 0 Å². The van der Waals surface area contributed by atoms with Crippen molar-refractivity contribution in [2.24, 2.45) is 7.05 Å². The SMILES string of the molecule is CC(=O)c1ccc2c(c1)CCN(C(=O)c1cccc(-c3cnc4[nH]c(=O)n(C)c4c3)c1)CC2. The van der Waals surface area contributed by atoms with Crippen LogP contribution in [0.25, 0.3) is 22.3 Å². The van der Waals surface area contributed by atoms with Gasteiger partial charge in [-0.05, 0) is 60.7 Å². The molecule has 0 aliphatic carbocycles. The lowest BCUT2D eigenvalue weighted by Crippen LogP contribution is -2.33. The van der Waals surface area contributed by atoms with Crippen molar-refractivity contribution in [2.45, 2.75) is 19.8 Å². The molecule has 4 aromatic rings. The van der Waals surface area contributed by atoms with Gasteiger partial charge in [0.1, 0.15) is 0 Å². The van der Waals surface area contributed by atoms with Gasteiger partial charge in [0.2, 0.25) is 0 Å². The van der Waals surface area contributed by atoms with Crippen molar-refractivity contribution in [3.05, 3.63) is 87.5 Å². The summed E-state index contributed by atoms with van der Waals surface area (Å²) in [7, 11) is 1.70. The van der Waals surface area contributed by atoms with Crippen molar-refractivity contribution in [1.82, 2.24) is 19.4 Å². The van der Waals surface area contributed by atoms with Crippen LogP contribution in [0.4, 0.5) is 0 Å². The third-order valence-corrected chi connectivity index (χ3v) is 6.40. The lowest BCUT2D eigenvalue weighted by molar-refractivity contribution is 0.0763. The van der Waals surface area contributed by atoms with Gasteiger partial charge in [0.25, 0.3) is 5.91 Å². The fraction of sp³-hybridized carbons (Fsp3) is 0.231. The summed E-state index contributed by atoms with van der Waals surface area (Å²) in [5.41, 5.74) is 6.41. The number of aromatic amines is 1. The second-order valence-corrected chi connectivity index (χ2v) is 8.49. The number of imidazole rings is 1. The number of nitrogens with one attached hydrogen (secondary N) is 1. The van der Waals surface area contributed by atoms with E-state index in [0.29, 0.717) is 35.4 Å². The third-order valence-electron chi connectivity index (χ3n) is 6.40. The van der Waals surface area contributed by atoms with Crippen molar-refractivity contribution in [3.8, 4) is 11.1 Å². The molecule has 3 heterocycles. The van der Waals surface area contributed by atoms with E-state index in [9.17, 15) is 14.4 Å². The maximum atomic E-state index is 13.3. The first-order chi connectivity index (χ1) is 15.9. The molecule has 0 atom stereocenters. The highest BCUT2D eigenvalue weighted by Crippen LogP contribution is 2.24. The molecule has 0 bridgehead atoms. The zero-order valence-electron chi connectivity index (χ0n) is 18.6. The summed E-state index contributed by atoms with van der Waals surface area (Å²) < 4.78 is 1.52. The number of rotatable bonds is 3. The molecule has 0 saturated heterocycles. The van der Waals surface area contributed by atoms with Gasteiger partial charge < -0.3 is 4.90 Å². The Labute approximate surface area is 190 Å². The predicted octanol–water partition coefficient (Wildman–Crippen LogP) is 3.37. The molecule has 7 nitrogen and oxygen atoms in total. The van der Waals surface area contributed by atoms with Crippen LogP contribution in [0.15, 0.2) is 59.5 Å². The van der Waals surface area contributed by atoms with Gasteiger partial charge in [-0.1, -0.05) is 24.3 Å². The Kier molecular flexibility index (Phi) is 5.17. The van der Waals surface area contributed by atoms with Crippen LogP contribution in [0.3, 0.4) is 0 Å². The number of H-pyrrole nitrogens is 1. The van der Waals surface area contributed by atoms with Crippen LogP contribution in [0.5, 0.6) is 0 Å². The Balaban J connectivity index is 1.40. The third kappa shape index (κ3) is 3.86. The molecule has 2 aromatic carbocycles. The molecular weight excluding hydrogens is 416 g/mol. The van der Waals surface area contributed by atoms with Gasteiger partial charge in [-0.15, -0.1) is 0 Å². The Bertz CT molecular complexity index is 1460. The fourth-order valence-corrected chi connectivity index (χ4v) is 4.42. The minimum atomic E-state index is -0.212. The Morgan fingerprint density at radius 3 is 2.52 bits per heavy atom. The molecule has 2 aromatic heterocycles. The summed E-state index contributed by atoms with van der Waals surface area (Å²) in [4.78, 5) is 45.9. The van der Waals surface area contributed by atoms with Crippen molar-refractivity contribution in [2.75, 3.05) is 13.1 Å². The molecule has 33 heavy (non-hydrogen) atoms. The Morgan fingerprint density at radius 1 is 0.939 bits per heavy atom. The average molecular weight is 441 g/mol. The van der Waals surface area contributed by atoms with Crippen LogP contribution < -0.4 is 5.69 Å². The smallest absolute Gasteiger partial charge is 0.327 e. The topological polar surface area (TPSA) is 88.1 Å². The summed E-state index contributed by atoms with van der Waals surface area (Å²) in [6.07, 6.45) is 3.20. The highest BCUT2D eigenvalue weighted by Gasteiger charge is 2.21. The number of pyridine rings is 1. The monoisotopic (exact) mass is 440 g/mol. The number of ketones is 1. The number of hydrogen-bond donors (Lipinski definition) is 1. The first-order valence-electron chi connectivity index (χ1n) is 11.0. The quantitative estimate of drug-likeness (QED) is 0.495. The molecule has 1 aliphatic rings. The lowest BCUT2D eigenvalue weighted by Gasteiger charge is -2.20. The number of carbonyl (C=O) groups excluding carboxylic acids is 2. The van der Waals surface area contributed by atoms with E-state index in [-0.39, 0.29) is 17.4 Å². The molecular formula is C26H24N4O3. The fourth-order valence-electron chi connectivity index (χ4n) is 4.42. The van der Waals surface area contributed by atoms with Crippen molar-refractivity contribution in [1.29, 1.82) is 0 Å². The number of carbonyl (C=O) groups is 2. The number of aryl methyl sites for hydroxylation is 1. The van der Waals surface area contributed by atoms with Gasteiger partial charge in [0.15, 0.2) is 11.4 Å². The van der Waals surface area contributed by atoms with Gasteiger partial charge in [0.05, 0.1) is 5.52 Å². The molecule has 5 rings (SSSR count). The van der Waals surface area contributed by atoms with Gasteiger partial charge in [0, 0.05) is 43.0 Å². The van der Waals surface area contributed by atoms with E-state index in [4.69, 9.17) is 0 Å². The first-order valence-corrected chi connectivity index (χ1v) is 11.0. The summed E-state index contributed by atoms with van der Waals surface area (Å²) >= 11 is 0. The molecule has 0 spiro atoms. The molecule has 0 radical (unpaired) electrons. The maximum Gasteiger partial charge on any atom is 0.327 e. The first kappa shape index (κ1) is 20.9. The summed E-state index contributed by atoms with van der Waals surface area (Å²) in [6, 6.07) is 15.3. The number of nitrogens with zero attached hydrogens (tertiary/aromatic N) is 3. The van der Waals surface area contributed by atoms with E-state index >= 15 is 0 Å². The maximum absolute atomic E-state index is 13.3. The molecule has 1 N–H and O–H groups in total. The summed E-state index contributed by atoms with van der Waals surface area (Å²) in [5, 5.41) is 0. The molecule has 166 valence electrons. The van der Waals surface area contributed by atoms with Crippen LogP contribution in [-0.4, -0.2) is 44.2 Å². The number of amides is 1. The number of fused-ring (bicyclic) bond motifs is 2. The molecule has 1 aliphatic heterocycles. The lowest BCUT2D eigenvalue weighted by atomic mass is 9.99. The largest absolute Gasteiger partial charge is 0.338 e. The minimum absolute atomic E-state index is 0.0143. The van der Waals surface area contributed by atoms with E-state index in [1.165, 1.54) is 10.1 Å². The highest BCUT2D eigenvalue weighted by atomic mass is 16.2. The van der Waals surface area contributed by atoms with Crippen molar-refractivity contribution >= 4 is 22.9 Å².